The van der Waals surface area contributed by atoms with Gasteiger partial charge in [-0.2, -0.15) is 11.8 Å². The summed E-state index contributed by atoms with van der Waals surface area (Å²) in [7, 11) is -3.92. The Balaban J connectivity index is 1.66. The van der Waals surface area contributed by atoms with E-state index in [1.807, 2.05) is 32.0 Å². The van der Waals surface area contributed by atoms with Gasteiger partial charge in [0.05, 0.1) is 20.6 Å². The Hall–Kier alpha value is -2.19. The largest absolute Gasteiger partial charge is 0.354 e. The maximum atomic E-state index is 13.4. The van der Waals surface area contributed by atoms with Gasteiger partial charge >= 0.3 is 0 Å². The van der Waals surface area contributed by atoms with Crippen molar-refractivity contribution in [2.45, 2.75) is 24.5 Å². The zero-order valence-electron chi connectivity index (χ0n) is 18.9. The number of anilines is 1. The van der Waals surface area contributed by atoms with Crippen LogP contribution in [0, 0.1) is 13.8 Å². The number of thioether (sulfide) groups is 1. The fraction of sp³-hybridized carbons (Fsp3) is 0.240. The molecular weight excluding hydrogens is 511 g/mol. The van der Waals surface area contributed by atoms with Crippen LogP contribution in [-0.2, 0) is 20.6 Å². The molecular formula is C25H26Cl2N2O3S2. The van der Waals surface area contributed by atoms with E-state index in [0.29, 0.717) is 28.0 Å². The normalized spacial score (nSPS) is 11.3. The molecule has 9 heteroatoms. The lowest BCUT2D eigenvalue weighted by molar-refractivity contribution is -0.119. The number of nitrogens with zero attached hydrogens (tertiary/aromatic N) is 1. The van der Waals surface area contributed by atoms with Crippen LogP contribution in [0.3, 0.4) is 0 Å². The maximum absolute atomic E-state index is 13.4. The number of aryl methyl sites for hydroxylation is 1. The SMILES string of the molecule is Cc1cccc(N(CC(=O)NCCSCc2ccc(Cl)c(Cl)c2)S(=O)(=O)c2ccccc2)c1C. The number of benzene rings is 3. The first kappa shape index (κ1) is 26.4. The Labute approximate surface area is 215 Å². The van der Waals surface area contributed by atoms with Gasteiger partial charge in [-0.05, 0) is 60.9 Å². The molecule has 3 rings (SSSR count). The average Bonchev–Trinajstić information content (AvgIpc) is 2.82. The maximum Gasteiger partial charge on any atom is 0.264 e. The number of carbonyl (C=O) groups is 1. The number of hydrogen-bond acceptors (Lipinski definition) is 4. The minimum absolute atomic E-state index is 0.140. The number of sulfonamides is 1. The Morgan fingerprint density at radius 2 is 1.71 bits per heavy atom. The van der Waals surface area contributed by atoms with Gasteiger partial charge in [0.1, 0.15) is 6.54 Å². The van der Waals surface area contributed by atoms with Crippen molar-refractivity contribution in [3.05, 3.63) is 93.5 Å². The molecule has 0 atom stereocenters. The summed E-state index contributed by atoms with van der Waals surface area (Å²) in [5.41, 5.74) is 3.30. The Bertz CT molecular complexity index is 1250. The van der Waals surface area contributed by atoms with Gasteiger partial charge in [0.25, 0.3) is 10.0 Å². The van der Waals surface area contributed by atoms with Crippen molar-refractivity contribution < 1.29 is 13.2 Å². The van der Waals surface area contributed by atoms with Crippen molar-refractivity contribution in [1.29, 1.82) is 0 Å². The first-order chi connectivity index (χ1) is 16.2. The minimum atomic E-state index is -3.92. The summed E-state index contributed by atoms with van der Waals surface area (Å²) in [4.78, 5) is 12.9. The molecule has 5 nitrogen and oxygen atoms in total. The summed E-state index contributed by atoms with van der Waals surface area (Å²) < 4.78 is 28.1. The van der Waals surface area contributed by atoms with E-state index in [1.165, 1.54) is 16.4 Å². The number of nitrogens with one attached hydrogen (secondary N) is 1. The van der Waals surface area contributed by atoms with Gasteiger partial charge in [-0.3, -0.25) is 9.10 Å². The number of halogens is 2. The van der Waals surface area contributed by atoms with Crippen LogP contribution in [0.4, 0.5) is 5.69 Å². The van der Waals surface area contributed by atoms with Gasteiger partial charge in [0.2, 0.25) is 5.91 Å². The van der Waals surface area contributed by atoms with E-state index in [4.69, 9.17) is 23.2 Å². The van der Waals surface area contributed by atoms with E-state index in [0.717, 1.165) is 22.4 Å². The van der Waals surface area contributed by atoms with Crippen LogP contribution < -0.4 is 9.62 Å². The van der Waals surface area contributed by atoms with E-state index in [1.54, 1.807) is 48.2 Å². The second-order valence-electron chi connectivity index (χ2n) is 7.69. The summed E-state index contributed by atoms with van der Waals surface area (Å²) in [5.74, 6) is 1.03. The molecule has 180 valence electrons. The summed E-state index contributed by atoms with van der Waals surface area (Å²) >= 11 is 13.6. The second kappa shape index (κ2) is 12.0. The van der Waals surface area contributed by atoms with E-state index < -0.39 is 10.0 Å². The van der Waals surface area contributed by atoms with Crippen molar-refractivity contribution in [2.24, 2.45) is 0 Å². The van der Waals surface area contributed by atoms with Crippen LogP contribution >= 0.6 is 35.0 Å². The fourth-order valence-electron chi connectivity index (χ4n) is 3.29. The van der Waals surface area contributed by atoms with Crippen molar-refractivity contribution in [3.8, 4) is 0 Å². The summed E-state index contributed by atoms with van der Waals surface area (Å²) in [6, 6.07) is 19.1. The highest BCUT2D eigenvalue weighted by atomic mass is 35.5. The molecule has 0 saturated heterocycles. The van der Waals surface area contributed by atoms with Crippen LogP contribution in [0.25, 0.3) is 0 Å². The molecule has 1 N–H and O–H groups in total. The Morgan fingerprint density at radius 3 is 2.41 bits per heavy atom. The average molecular weight is 538 g/mol. The lowest BCUT2D eigenvalue weighted by Crippen LogP contribution is -2.41. The summed E-state index contributed by atoms with van der Waals surface area (Å²) in [5, 5.41) is 3.86. The van der Waals surface area contributed by atoms with Gasteiger partial charge in [-0.15, -0.1) is 0 Å². The smallest absolute Gasteiger partial charge is 0.264 e. The molecule has 0 fully saturated rings. The third-order valence-electron chi connectivity index (χ3n) is 5.28. The quantitative estimate of drug-likeness (QED) is 0.329. The fourth-order valence-corrected chi connectivity index (χ4v) is 5.92. The highest BCUT2D eigenvalue weighted by Crippen LogP contribution is 2.28. The highest BCUT2D eigenvalue weighted by molar-refractivity contribution is 7.98. The molecule has 0 aliphatic heterocycles. The van der Waals surface area contributed by atoms with E-state index in [2.05, 4.69) is 5.32 Å². The van der Waals surface area contributed by atoms with Crippen LogP contribution in [0.1, 0.15) is 16.7 Å². The molecule has 0 heterocycles. The van der Waals surface area contributed by atoms with Crippen molar-refractivity contribution in [3.63, 3.8) is 0 Å². The third-order valence-corrected chi connectivity index (χ3v) is 8.83. The van der Waals surface area contributed by atoms with Crippen molar-refractivity contribution in [1.82, 2.24) is 5.32 Å². The van der Waals surface area contributed by atoms with Gasteiger partial charge in [-0.1, -0.05) is 59.6 Å². The minimum Gasteiger partial charge on any atom is -0.354 e. The molecule has 0 aliphatic rings. The predicted molar refractivity (Wildman–Crippen MR) is 143 cm³/mol. The third kappa shape index (κ3) is 6.69. The zero-order valence-corrected chi connectivity index (χ0v) is 22.1. The van der Waals surface area contributed by atoms with Gasteiger partial charge in [0.15, 0.2) is 0 Å². The molecule has 0 spiro atoms. The summed E-state index contributed by atoms with van der Waals surface area (Å²) in [6.45, 7) is 3.88. The molecule has 0 radical (unpaired) electrons. The Kier molecular flexibility index (Phi) is 9.31. The van der Waals surface area contributed by atoms with Crippen LogP contribution in [0.5, 0.6) is 0 Å². The van der Waals surface area contributed by atoms with Crippen LogP contribution in [0.15, 0.2) is 71.6 Å². The predicted octanol–water partition coefficient (Wildman–Crippen LogP) is 5.86. The van der Waals surface area contributed by atoms with Gasteiger partial charge < -0.3 is 5.32 Å². The van der Waals surface area contributed by atoms with Gasteiger partial charge in [0, 0.05) is 18.1 Å². The first-order valence-electron chi connectivity index (χ1n) is 10.6. The van der Waals surface area contributed by atoms with Crippen molar-refractivity contribution >= 4 is 56.6 Å². The molecule has 0 aromatic heterocycles. The Morgan fingerprint density at radius 1 is 0.971 bits per heavy atom. The number of hydrogen-bond donors (Lipinski definition) is 1. The molecule has 0 saturated carbocycles. The zero-order chi connectivity index (χ0) is 24.7. The number of amides is 1. The molecule has 0 aliphatic carbocycles. The standard InChI is InChI=1S/C25H26Cl2N2O3S2/c1-18-7-6-10-24(19(18)2)29(34(31,32)21-8-4-3-5-9-21)16-25(30)28-13-14-33-17-20-11-12-22(26)23(27)15-20/h3-12,15H,13-14,16-17H2,1-2H3,(H,28,30). The van der Waals surface area contributed by atoms with Crippen LogP contribution in [0.2, 0.25) is 10.0 Å². The second-order valence-corrected chi connectivity index (χ2v) is 11.5. The van der Waals surface area contributed by atoms with E-state index in [-0.39, 0.29) is 17.3 Å². The molecule has 0 bridgehead atoms. The molecule has 3 aromatic carbocycles. The van der Waals surface area contributed by atoms with E-state index in [9.17, 15) is 13.2 Å². The molecule has 3 aromatic rings. The molecule has 34 heavy (non-hydrogen) atoms. The van der Waals surface area contributed by atoms with E-state index >= 15 is 0 Å². The monoisotopic (exact) mass is 536 g/mol. The topological polar surface area (TPSA) is 66.5 Å². The lowest BCUT2D eigenvalue weighted by atomic mass is 10.1. The van der Waals surface area contributed by atoms with Crippen molar-refractivity contribution in [2.75, 3.05) is 23.1 Å². The van der Waals surface area contributed by atoms with Crippen LogP contribution in [-0.4, -0.2) is 33.2 Å². The summed E-state index contributed by atoms with van der Waals surface area (Å²) in [6.07, 6.45) is 0. The molecule has 1 amide bonds. The molecule has 0 unspecified atom stereocenters. The highest BCUT2D eigenvalue weighted by Gasteiger charge is 2.28. The van der Waals surface area contributed by atoms with Gasteiger partial charge in [-0.25, -0.2) is 8.42 Å². The number of carbonyl (C=O) groups excluding carboxylic acids is 1. The number of rotatable bonds is 10. The first-order valence-corrected chi connectivity index (χ1v) is 14.0. The lowest BCUT2D eigenvalue weighted by Gasteiger charge is -2.26.